The third kappa shape index (κ3) is 4.54. The molecule has 1 aromatic heterocycles. The van der Waals surface area contributed by atoms with Crippen LogP contribution < -0.4 is 10.1 Å². The number of hydrogen-bond donors (Lipinski definition) is 1. The highest BCUT2D eigenvalue weighted by Gasteiger charge is 2.23. The lowest BCUT2D eigenvalue weighted by Gasteiger charge is -2.14. The smallest absolute Gasteiger partial charge is 0.249 e. The van der Waals surface area contributed by atoms with Gasteiger partial charge in [-0.05, 0) is 43.0 Å². The molecular weight excluding hydrogens is 378 g/mol. The molecule has 1 fully saturated rings. The monoisotopic (exact) mass is 405 g/mol. The molecule has 1 N–H and O–H groups in total. The van der Waals surface area contributed by atoms with Crippen LogP contribution in [0.3, 0.4) is 0 Å². The largest absolute Gasteiger partial charge is 0.491 e. The van der Waals surface area contributed by atoms with E-state index in [0.29, 0.717) is 26.3 Å². The van der Waals surface area contributed by atoms with Crippen LogP contribution in [0.25, 0.3) is 11.0 Å². The van der Waals surface area contributed by atoms with Gasteiger partial charge in [0.05, 0.1) is 24.1 Å². The predicted octanol–water partition coefficient (Wildman–Crippen LogP) is 3.64. The number of para-hydroxylation sites is 3. The number of amides is 1. The second-order valence-electron chi connectivity index (χ2n) is 7.34. The van der Waals surface area contributed by atoms with E-state index in [1.165, 1.54) is 0 Å². The minimum Gasteiger partial charge on any atom is -0.491 e. The van der Waals surface area contributed by atoms with Crippen molar-refractivity contribution < 1.29 is 14.3 Å². The summed E-state index contributed by atoms with van der Waals surface area (Å²) in [5, 5.41) is 2.98. The van der Waals surface area contributed by atoms with Gasteiger partial charge < -0.3 is 19.4 Å². The molecule has 0 spiro atoms. The average molecular weight is 405 g/mol. The average Bonchev–Trinajstić information content (AvgIpc) is 3.42. The van der Waals surface area contributed by atoms with E-state index in [0.717, 1.165) is 47.4 Å². The Balaban J connectivity index is 1.46. The molecule has 156 valence electrons. The molecule has 0 bridgehead atoms. The molecular formula is C24H27N3O3. The fourth-order valence-electron chi connectivity index (χ4n) is 3.79. The first-order valence-corrected chi connectivity index (χ1v) is 10.4. The molecule has 30 heavy (non-hydrogen) atoms. The van der Waals surface area contributed by atoms with Crippen LogP contribution >= 0.6 is 0 Å². The first kappa shape index (κ1) is 20.2. The summed E-state index contributed by atoms with van der Waals surface area (Å²) in [6.07, 6.45) is 4.01. The Hall–Kier alpha value is -3.12. The van der Waals surface area contributed by atoms with Gasteiger partial charge in [-0.25, -0.2) is 4.98 Å². The Labute approximate surface area is 176 Å². The standard InChI is InChI=1S/C24H27N3O3/c1-2-8-18-9-3-6-12-21(18)30-16-14-27-20-11-5-4-10-19(20)26-23(27)17-25-24(28)22-13-7-15-29-22/h2-6,9-12,22H,1,7-8,13-17H2,(H,25,28). The zero-order chi connectivity index (χ0) is 20.8. The normalized spacial score (nSPS) is 15.9. The maximum atomic E-state index is 12.3. The lowest BCUT2D eigenvalue weighted by atomic mass is 10.1. The van der Waals surface area contributed by atoms with Crippen LogP contribution in [0.4, 0.5) is 0 Å². The molecule has 6 heteroatoms. The highest BCUT2D eigenvalue weighted by Crippen LogP contribution is 2.20. The number of benzene rings is 2. The van der Waals surface area contributed by atoms with Crippen molar-refractivity contribution >= 4 is 16.9 Å². The summed E-state index contributed by atoms with van der Waals surface area (Å²) < 4.78 is 13.7. The second kappa shape index (κ2) is 9.59. The Morgan fingerprint density at radius 2 is 2.10 bits per heavy atom. The van der Waals surface area contributed by atoms with Gasteiger partial charge in [0, 0.05) is 6.61 Å². The predicted molar refractivity (Wildman–Crippen MR) is 116 cm³/mol. The van der Waals surface area contributed by atoms with Gasteiger partial charge >= 0.3 is 0 Å². The summed E-state index contributed by atoms with van der Waals surface area (Å²) in [7, 11) is 0. The van der Waals surface area contributed by atoms with Gasteiger partial charge in [0.15, 0.2) is 0 Å². The van der Waals surface area contributed by atoms with Crippen LogP contribution in [0.2, 0.25) is 0 Å². The van der Waals surface area contributed by atoms with Crippen LogP contribution in [0, 0.1) is 0 Å². The number of nitrogens with one attached hydrogen (secondary N) is 1. The van der Waals surface area contributed by atoms with E-state index in [4.69, 9.17) is 14.5 Å². The van der Waals surface area contributed by atoms with Crippen molar-refractivity contribution in [3.05, 3.63) is 72.6 Å². The molecule has 1 unspecified atom stereocenters. The molecule has 2 aromatic carbocycles. The first-order valence-electron chi connectivity index (χ1n) is 10.4. The molecule has 3 aromatic rings. The van der Waals surface area contributed by atoms with Gasteiger partial charge in [0.2, 0.25) is 5.91 Å². The molecule has 0 saturated carbocycles. The minimum absolute atomic E-state index is 0.0688. The van der Waals surface area contributed by atoms with E-state index in [2.05, 4.69) is 22.5 Å². The summed E-state index contributed by atoms with van der Waals surface area (Å²) >= 11 is 0. The van der Waals surface area contributed by atoms with Crippen molar-refractivity contribution in [3.63, 3.8) is 0 Å². The third-order valence-electron chi connectivity index (χ3n) is 5.29. The van der Waals surface area contributed by atoms with Crippen molar-refractivity contribution in [3.8, 4) is 5.75 Å². The number of allylic oxidation sites excluding steroid dienone is 1. The highest BCUT2D eigenvalue weighted by molar-refractivity contribution is 5.81. The number of rotatable bonds is 9. The quantitative estimate of drug-likeness (QED) is 0.552. The van der Waals surface area contributed by atoms with E-state index in [1.54, 1.807) is 0 Å². The number of ether oxygens (including phenoxy) is 2. The molecule has 6 nitrogen and oxygen atoms in total. The number of nitrogens with zero attached hydrogens (tertiary/aromatic N) is 2. The summed E-state index contributed by atoms with van der Waals surface area (Å²) in [6.45, 7) is 5.97. The van der Waals surface area contributed by atoms with Crippen LogP contribution in [0.1, 0.15) is 24.2 Å². The molecule has 2 heterocycles. The Bertz CT molecular complexity index is 1020. The number of imidazole rings is 1. The Morgan fingerprint density at radius 3 is 2.93 bits per heavy atom. The van der Waals surface area contributed by atoms with Crippen molar-refractivity contribution in [1.29, 1.82) is 0 Å². The Kier molecular flexibility index (Phi) is 6.44. The highest BCUT2D eigenvalue weighted by atomic mass is 16.5. The van der Waals surface area contributed by atoms with Crippen LogP contribution in [0.15, 0.2) is 61.2 Å². The Morgan fingerprint density at radius 1 is 1.27 bits per heavy atom. The first-order chi connectivity index (χ1) is 14.8. The summed E-state index contributed by atoms with van der Waals surface area (Å²) in [6, 6.07) is 16.0. The van der Waals surface area contributed by atoms with E-state index in [9.17, 15) is 4.79 Å². The van der Waals surface area contributed by atoms with Crippen molar-refractivity contribution in [2.45, 2.75) is 38.5 Å². The number of hydrogen-bond acceptors (Lipinski definition) is 4. The fourth-order valence-corrected chi connectivity index (χ4v) is 3.79. The molecule has 1 amide bonds. The van der Waals surface area contributed by atoms with E-state index in [-0.39, 0.29) is 12.0 Å². The topological polar surface area (TPSA) is 65.4 Å². The number of carbonyl (C=O) groups excluding carboxylic acids is 1. The van der Waals surface area contributed by atoms with Crippen LogP contribution in [-0.4, -0.2) is 34.8 Å². The van der Waals surface area contributed by atoms with E-state index in [1.807, 2.05) is 48.5 Å². The lowest BCUT2D eigenvalue weighted by molar-refractivity contribution is -0.130. The second-order valence-corrected chi connectivity index (χ2v) is 7.34. The summed E-state index contributed by atoms with van der Waals surface area (Å²) in [5.41, 5.74) is 3.06. The molecule has 4 rings (SSSR count). The van der Waals surface area contributed by atoms with Gasteiger partial charge in [-0.1, -0.05) is 36.4 Å². The van der Waals surface area contributed by atoms with Crippen molar-refractivity contribution in [1.82, 2.24) is 14.9 Å². The number of fused-ring (bicyclic) bond motifs is 1. The van der Waals surface area contributed by atoms with Gasteiger partial charge in [0.25, 0.3) is 0 Å². The van der Waals surface area contributed by atoms with E-state index >= 15 is 0 Å². The molecule has 1 aliphatic heterocycles. The maximum absolute atomic E-state index is 12.3. The molecule has 1 atom stereocenters. The SMILES string of the molecule is C=CCc1ccccc1OCCn1c(CNC(=O)C2CCCO2)nc2ccccc21. The van der Waals surface area contributed by atoms with Crippen molar-refractivity contribution in [2.75, 3.05) is 13.2 Å². The van der Waals surface area contributed by atoms with Gasteiger partial charge in [-0.15, -0.1) is 6.58 Å². The van der Waals surface area contributed by atoms with Gasteiger partial charge in [-0.2, -0.15) is 0 Å². The molecule has 0 radical (unpaired) electrons. The van der Waals surface area contributed by atoms with E-state index < -0.39 is 0 Å². The third-order valence-corrected chi connectivity index (χ3v) is 5.29. The molecule has 1 aliphatic rings. The minimum atomic E-state index is -0.340. The van der Waals surface area contributed by atoms with Gasteiger partial charge in [0.1, 0.15) is 24.3 Å². The zero-order valence-corrected chi connectivity index (χ0v) is 17.0. The molecule has 0 aliphatic carbocycles. The maximum Gasteiger partial charge on any atom is 0.249 e. The van der Waals surface area contributed by atoms with Gasteiger partial charge in [-0.3, -0.25) is 4.79 Å². The summed E-state index contributed by atoms with van der Waals surface area (Å²) in [5.74, 6) is 1.61. The van der Waals surface area contributed by atoms with Crippen molar-refractivity contribution in [2.24, 2.45) is 0 Å². The lowest BCUT2D eigenvalue weighted by Crippen LogP contribution is -2.34. The summed E-state index contributed by atoms with van der Waals surface area (Å²) in [4.78, 5) is 17.1. The fraction of sp³-hybridized carbons (Fsp3) is 0.333. The van der Waals surface area contributed by atoms with Crippen LogP contribution in [-0.2, 0) is 29.0 Å². The van der Waals surface area contributed by atoms with Crippen LogP contribution in [0.5, 0.6) is 5.75 Å². The molecule has 1 saturated heterocycles. The zero-order valence-electron chi connectivity index (χ0n) is 17.0. The number of aromatic nitrogens is 2. The number of carbonyl (C=O) groups is 1.